The molecule has 5 nitrogen and oxygen atoms in total. The Labute approximate surface area is 198 Å². The molecule has 6 heteroatoms. The first kappa shape index (κ1) is 21.6. The highest BCUT2D eigenvalue weighted by Crippen LogP contribution is 2.32. The van der Waals surface area contributed by atoms with Crippen LogP contribution in [0.3, 0.4) is 0 Å². The molecule has 168 valence electrons. The first-order valence-electron chi connectivity index (χ1n) is 11.4. The number of carbonyl (C=O) groups excluding carboxylic acids is 1. The predicted molar refractivity (Wildman–Crippen MR) is 133 cm³/mol. The summed E-state index contributed by atoms with van der Waals surface area (Å²) in [4.78, 5) is 20.9. The van der Waals surface area contributed by atoms with Crippen molar-refractivity contribution < 1.29 is 4.79 Å². The number of thiazole rings is 1. The average molecular weight is 457 g/mol. The van der Waals surface area contributed by atoms with Crippen molar-refractivity contribution in [3.05, 3.63) is 80.8 Å². The molecule has 0 radical (unpaired) electrons. The quantitative estimate of drug-likeness (QED) is 0.387. The lowest BCUT2D eigenvalue weighted by molar-refractivity contribution is -0.132. The summed E-state index contributed by atoms with van der Waals surface area (Å²) in [6.45, 7) is 9.98. The van der Waals surface area contributed by atoms with Gasteiger partial charge in [0.1, 0.15) is 6.54 Å². The Hall–Kier alpha value is -3.25. The van der Waals surface area contributed by atoms with E-state index in [4.69, 9.17) is 5.10 Å². The molecule has 0 atom stereocenters. The normalized spacial score (nSPS) is 12.9. The molecule has 0 fully saturated rings. The van der Waals surface area contributed by atoms with E-state index in [1.807, 2.05) is 34.7 Å². The number of amides is 1. The zero-order valence-corrected chi connectivity index (χ0v) is 20.4. The van der Waals surface area contributed by atoms with Crippen molar-refractivity contribution in [2.24, 2.45) is 0 Å². The second kappa shape index (κ2) is 8.60. The van der Waals surface area contributed by atoms with Crippen molar-refractivity contribution >= 4 is 17.2 Å². The first-order chi connectivity index (χ1) is 15.9. The van der Waals surface area contributed by atoms with Crippen LogP contribution in [0.5, 0.6) is 0 Å². The lowest BCUT2D eigenvalue weighted by Crippen LogP contribution is -2.30. The van der Waals surface area contributed by atoms with Gasteiger partial charge in [0.15, 0.2) is 0 Å². The molecule has 0 spiro atoms. The predicted octanol–water partition coefficient (Wildman–Crippen LogP) is 5.70. The van der Waals surface area contributed by atoms with Crippen LogP contribution < -0.4 is 0 Å². The van der Waals surface area contributed by atoms with Gasteiger partial charge in [-0.2, -0.15) is 5.10 Å². The van der Waals surface area contributed by atoms with Gasteiger partial charge in [-0.25, -0.2) is 4.98 Å². The van der Waals surface area contributed by atoms with Crippen LogP contribution in [0.15, 0.2) is 48.5 Å². The zero-order chi connectivity index (χ0) is 23.1. The number of aromatic nitrogens is 3. The van der Waals surface area contributed by atoms with Gasteiger partial charge >= 0.3 is 0 Å². The SMILES string of the molecule is CCc1c(-c2cc(-c3ccccc3)n(CC(=O)N3Cc4nc(C)sc4C3)n2)ccc(C)c1C. The van der Waals surface area contributed by atoms with E-state index in [2.05, 4.69) is 56.1 Å². The van der Waals surface area contributed by atoms with Gasteiger partial charge in [0.2, 0.25) is 5.91 Å². The highest BCUT2D eigenvalue weighted by Gasteiger charge is 2.27. The largest absolute Gasteiger partial charge is 0.330 e. The molecule has 5 rings (SSSR count). The van der Waals surface area contributed by atoms with E-state index in [1.165, 1.54) is 21.6 Å². The number of rotatable bonds is 5. The molecule has 1 aliphatic heterocycles. The Morgan fingerprint density at radius 2 is 1.85 bits per heavy atom. The molecule has 3 heterocycles. The monoisotopic (exact) mass is 456 g/mol. The minimum Gasteiger partial charge on any atom is -0.330 e. The van der Waals surface area contributed by atoms with E-state index in [-0.39, 0.29) is 12.5 Å². The topological polar surface area (TPSA) is 51.0 Å². The summed E-state index contributed by atoms with van der Waals surface area (Å²) in [7, 11) is 0. The Kier molecular flexibility index (Phi) is 5.62. The summed E-state index contributed by atoms with van der Waals surface area (Å²) in [6.07, 6.45) is 0.942. The molecule has 0 unspecified atom stereocenters. The summed E-state index contributed by atoms with van der Waals surface area (Å²) in [5.41, 5.74) is 9.04. The molecule has 0 saturated carbocycles. The zero-order valence-electron chi connectivity index (χ0n) is 19.6. The molecule has 0 saturated heterocycles. The minimum atomic E-state index is 0.0699. The Balaban J connectivity index is 1.51. The van der Waals surface area contributed by atoms with Crippen molar-refractivity contribution in [3.8, 4) is 22.5 Å². The van der Waals surface area contributed by atoms with E-state index in [0.29, 0.717) is 13.1 Å². The van der Waals surface area contributed by atoms with Crippen LogP contribution in [0, 0.1) is 20.8 Å². The van der Waals surface area contributed by atoms with Crippen LogP contribution in [0.25, 0.3) is 22.5 Å². The number of benzene rings is 2. The van der Waals surface area contributed by atoms with Crippen molar-refractivity contribution in [1.82, 2.24) is 19.7 Å². The average Bonchev–Trinajstić information content (AvgIpc) is 3.49. The number of hydrogen-bond donors (Lipinski definition) is 0. The van der Waals surface area contributed by atoms with Crippen LogP contribution in [-0.4, -0.2) is 25.6 Å². The molecular formula is C27H28N4OS. The Bertz CT molecular complexity index is 1310. The summed E-state index contributed by atoms with van der Waals surface area (Å²) in [5.74, 6) is 0.0699. The highest BCUT2D eigenvalue weighted by molar-refractivity contribution is 7.11. The smallest absolute Gasteiger partial charge is 0.245 e. The molecule has 33 heavy (non-hydrogen) atoms. The van der Waals surface area contributed by atoms with E-state index < -0.39 is 0 Å². The van der Waals surface area contributed by atoms with Gasteiger partial charge in [0, 0.05) is 10.4 Å². The summed E-state index contributed by atoms with van der Waals surface area (Å²) in [5, 5.41) is 6.02. The van der Waals surface area contributed by atoms with E-state index in [1.54, 1.807) is 11.3 Å². The standard InChI is InChI=1S/C27H28N4OS/c1-5-21-18(3)17(2)11-12-22(21)23-13-25(20-9-7-6-8-10-20)31(29-23)16-27(32)30-14-24-26(15-30)33-19(4)28-24/h6-13H,5,14-16H2,1-4H3. The summed E-state index contributed by atoms with van der Waals surface area (Å²) < 4.78 is 1.87. The summed E-state index contributed by atoms with van der Waals surface area (Å²) >= 11 is 1.68. The highest BCUT2D eigenvalue weighted by atomic mass is 32.1. The van der Waals surface area contributed by atoms with E-state index in [9.17, 15) is 4.79 Å². The molecule has 4 aromatic rings. The van der Waals surface area contributed by atoms with Gasteiger partial charge in [0.25, 0.3) is 0 Å². The molecule has 0 N–H and O–H groups in total. The molecular weight excluding hydrogens is 428 g/mol. The number of carbonyl (C=O) groups is 1. The fourth-order valence-corrected chi connectivity index (χ4v) is 5.61. The third-order valence-electron chi connectivity index (χ3n) is 6.55. The Morgan fingerprint density at radius 3 is 2.58 bits per heavy atom. The molecule has 2 aromatic heterocycles. The number of fused-ring (bicyclic) bond motifs is 1. The lowest BCUT2D eigenvalue weighted by Gasteiger charge is -2.16. The molecule has 0 bridgehead atoms. The fourth-order valence-electron chi connectivity index (χ4n) is 4.65. The van der Waals surface area contributed by atoms with Crippen LogP contribution in [-0.2, 0) is 30.8 Å². The maximum atomic E-state index is 13.3. The van der Waals surface area contributed by atoms with Gasteiger partial charge in [-0.1, -0.05) is 49.4 Å². The van der Waals surface area contributed by atoms with Crippen LogP contribution >= 0.6 is 11.3 Å². The number of nitrogens with zero attached hydrogens (tertiary/aromatic N) is 4. The molecule has 1 aliphatic rings. The number of aryl methyl sites for hydroxylation is 2. The van der Waals surface area contributed by atoms with Gasteiger partial charge in [0.05, 0.1) is 35.2 Å². The van der Waals surface area contributed by atoms with Crippen molar-refractivity contribution in [3.63, 3.8) is 0 Å². The lowest BCUT2D eigenvalue weighted by atomic mass is 9.94. The maximum absolute atomic E-state index is 13.3. The van der Waals surface area contributed by atoms with Gasteiger partial charge in [-0.15, -0.1) is 11.3 Å². The second-order valence-corrected chi connectivity index (χ2v) is 9.97. The van der Waals surface area contributed by atoms with Crippen LogP contribution in [0.4, 0.5) is 0 Å². The molecule has 2 aromatic carbocycles. The molecule has 1 amide bonds. The third kappa shape index (κ3) is 4.00. The number of hydrogen-bond acceptors (Lipinski definition) is 4. The maximum Gasteiger partial charge on any atom is 0.245 e. The fraction of sp³-hybridized carbons (Fsp3) is 0.296. The van der Waals surface area contributed by atoms with Crippen LogP contribution in [0.2, 0.25) is 0 Å². The van der Waals surface area contributed by atoms with Gasteiger partial charge in [-0.05, 0) is 55.5 Å². The first-order valence-corrected chi connectivity index (χ1v) is 12.2. The third-order valence-corrected chi connectivity index (χ3v) is 7.54. The van der Waals surface area contributed by atoms with Crippen molar-refractivity contribution in [1.29, 1.82) is 0 Å². The van der Waals surface area contributed by atoms with E-state index in [0.717, 1.165) is 39.6 Å². The van der Waals surface area contributed by atoms with Crippen molar-refractivity contribution in [2.75, 3.05) is 0 Å². The van der Waals surface area contributed by atoms with Crippen molar-refractivity contribution in [2.45, 2.75) is 53.8 Å². The minimum absolute atomic E-state index is 0.0699. The Morgan fingerprint density at radius 1 is 1.06 bits per heavy atom. The molecule has 0 aliphatic carbocycles. The van der Waals surface area contributed by atoms with Crippen LogP contribution in [0.1, 0.15) is 39.2 Å². The summed E-state index contributed by atoms with van der Waals surface area (Å²) in [6, 6.07) is 16.6. The van der Waals surface area contributed by atoms with Gasteiger partial charge < -0.3 is 4.90 Å². The second-order valence-electron chi connectivity index (χ2n) is 8.68. The van der Waals surface area contributed by atoms with E-state index >= 15 is 0 Å². The van der Waals surface area contributed by atoms with Gasteiger partial charge in [-0.3, -0.25) is 9.48 Å².